The van der Waals surface area contributed by atoms with Crippen LogP contribution in [0.3, 0.4) is 0 Å². The summed E-state index contributed by atoms with van der Waals surface area (Å²) >= 11 is 0. The fourth-order valence-corrected chi connectivity index (χ4v) is 2.60. The monoisotopic (exact) mass is 342 g/mol. The number of urea groups is 1. The van der Waals surface area contributed by atoms with Gasteiger partial charge in [0.2, 0.25) is 0 Å². The highest BCUT2D eigenvalue weighted by Gasteiger charge is 2.14. The van der Waals surface area contributed by atoms with Crippen molar-refractivity contribution in [3.8, 4) is 0 Å². The number of hydrogen-bond acceptors (Lipinski definition) is 3. The Morgan fingerprint density at radius 2 is 1.80 bits per heavy atom. The fraction of sp³-hybridized carbons (Fsp3) is 0.350. The summed E-state index contributed by atoms with van der Waals surface area (Å²) < 4.78 is 5.50. The number of aliphatic hydroxyl groups excluding tert-OH is 1. The van der Waals surface area contributed by atoms with Crippen molar-refractivity contribution in [2.45, 2.75) is 26.6 Å². The van der Waals surface area contributed by atoms with Gasteiger partial charge in [-0.05, 0) is 42.7 Å². The predicted molar refractivity (Wildman–Crippen MR) is 99.7 cm³/mol. The maximum Gasteiger partial charge on any atom is 0.321 e. The number of nitrogens with zero attached hydrogens (tertiary/aromatic N) is 1. The highest BCUT2D eigenvalue weighted by Crippen LogP contribution is 2.14. The molecule has 0 aliphatic rings. The number of anilines is 1. The molecule has 2 rings (SSSR count). The van der Waals surface area contributed by atoms with Gasteiger partial charge in [-0.2, -0.15) is 0 Å². The van der Waals surface area contributed by atoms with Crippen LogP contribution in [0.1, 0.15) is 16.7 Å². The minimum absolute atomic E-state index is 0.177. The molecule has 0 saturated heterocycles. The second kappa shape index (κ2) is 9.20. The number of amides is 2. The molecule has 0 bridgehead atoms. The van der Waals surface area contributed by atoms with Gasteiger partial charge in [0.25, 0.3) is 0 Å². The van der Waals surface area contributed by atoms with Gasteiger partial charge in [0.1, 0.15) is 0 Å². The second-order valence-electron chi connectivity index (χ2n) is 6.34. The maximum absolute atomic E-state index is 12.2. The summed E-state index contributed by atoms with van der Waals surface area (Å²) in [5.74, 6) is 0. The molecule has 2 aromatic carbocycles. The van der Waals surface area contributed by atoms with E-state index in [9.17, 15) is 9.90 Å². The van der Waals surface area contributed by atoms with E-state index >= 15 is 0 Å². The molecular formula is C20H26N2O3. The first-order valence-corrected chi connectivity index (χ1v) is 8.34. The van der Waals surface area contributed by atoms with Gasteiger partial charge in [0.05, 0.1) is 25.9 Å². The van der Waals surface area contributed by atoms with E-state index in [0.717, 1.165) is 22.4 Å². The van der Waals surface area contributed by atoms with Gasteiger partial charge < -0.3 is 20.1 Å². The number of aryl methyl sites for hydroxylation is 2. The first-order chi connectivity index (χ1) is 11.9. The summed E-state index contributed by atoms with van der Waals surface area (Å²) in [5, 5.41) is 12.9. The normalized spacial score (nSPS) is 11.8. The molecule has 0 fully saturated rings. The average Bonchev–Trinajstić information content (AvgIpc) is 2.54. The molecular weight excluding hydrogens is 316 g/mol. The number of hydrogen-bond donors (Lipinski definition) is 2. The van der Waals surface area contributed by atoms with Crippen molar-refractivity contribution in [1.82, 2.24) is 4.90 Å². The summed E-state index contributed by atoms with van der Waals surface area (Å²) in [4.78, 5) is 13.7. The molecule has 0 heterocycles. The largest absolute Gasteiger partial charge is 0.389 e. The van der Waals surface area contributed by atoms with Crippen molar-refractivity contribution in [1.29, 1.82) is 0 Å². The summed E-state index contributed by atoms with van der Waals surface area (Å²) in [5.41, 5.74) is 3.99. The molecule has 2 N–H and O–H groups in total. The summed E-state index contributed by atoms with van der Waals surface area (Å²) in [6, 6.07) is 15.4. The summed E-state index contributed by atoms with van der Waals surface area (Å²) in [7, 11) is 1.65. The van der Waals surface area contributed by atoms with Gasteiger partial charge in [-0.1, -0.05) is 36.4 Å². The lowest BCUT2D eigenvalue weighted by molar-refractivity contribution is 0.0188. The highest BCUT2D eigenvalue weighted by molar-refractivity contribution is 5.89. The van der Waals surface area contributed by atoms with Crippen molar-refractivity contribution in [3.05, 3.63) is 65.2 Å². The van der Waals surface area contributed by atoms with Gasteiger partial charge in [-0.25, -0.2) is 4.79 Å². The third-order valence-corrected chi connectivity index (χ3v) is 3.73. The molecule has 5 nitrogen and oxygen atoms in total. The number of ether oxygens (including phenoxy) is 1. The first-order valence-electron chi connectivity index (χ1n) is 8.34. The zero-order chi connectivity index (χ0) is 18.2. The van der Waals surface area contributed by atoms with E-state index in [2.05, 4.69) is 5.32 Å². The van der Waals surface area contributed by atoms with Crippen LogP contribution in [-0.2, 0) is 11.3 Å². The molecule has 5 heteroatoms. The van der Waals surface area contributed by atoms with Gasteiger partial charge >= 0.3 is 6.03 Å². The van der Waals surface area contributed by atoms with Gasteiger partial charge in [0.15, 0.2) is 0 Å². The summed E-state index contributed by atoms with van der Waals surface area (Å²) in [6.45, 7) is 4.79. The lowest BCUT2D eigenvalue weighted by atomic mass is 10.1. The number of benzene rings is 2. The zero-order valence-electron chi connectivity index (χ0n) is 15.0. The van der Waals surface area contributed by atoms with Crippen LogP contribution in [0.2, 0.25) is 0 Å². The molecule has 0 saturated carbocycles. The number of aliphatic hydroxyl groups is 1. The Labute approximate surface area is 149 Å². The van der Waals surface area contributed by atoms with Crippen LogP contribution in [0.15, 0.2) is 48.5 Å². The van der Waals surface area contributed by atoms with E-state index in [-0.39, 0.29) is 19.2 Å². The van der Waals surface area contributed by atoms with E-state index in [1.54, 1.807) is 7.05 Å². The SMILES string of the molecule is Cc1cc(C)cc(NC(=O)N(C)CC(O)COCc2ccccc2)c1. The number of likely N-dealkylation sites (N-methyl/N-ethyl adjacent to an activating group) is 1. The number of rotatable bonds is 7. The molecule has 0 spiro atoms. The predicted octanol–water partition coefficient (Wildman–Crippen LogP) is 3.34. The fourth-order valence-electron chi connectivity index (χ4n) is 2.60. The van der Waals surface area contributed by atoms with Crippen molar-refractivity contribution >= 4 is 11.7 Å². The third-order valence-electron chi connectivity index (χ3n) is 3.73. The van der Waals surface area contributed by atoms with Crippen molar-refractivity contribution < 1.29 is 14.6 Å². The van der Waals surface area contributed by atoms with E-state index in [0.29, 0.717) is 6.61 Å². The lowest BCUT2D eigenvalue weighted by Gasteiger charge is -2.21. The van der Waals surface area contributed by atoms with Crippen LogP contribution in [0.5, 0.6) is 0 Å². The van der Waals surface area contributed by atoms with Crippen LogP contribution in [0.25, 0.3) is 0 Å². The topological polar surface area (TPSA) is 61.8 Å². The highest BCUT2D eigenvalue weighted by atomic mass is 16.5. The Kier molecular flexibility index (Phi) is 6.98. The Morgan fingerprint density at radius 1 is 1.16 bits per heavy atom. The van der Waals surface area contributed by atoms with Crippen LogP contribution in [0.4, 0.5) is 10.5 Å². The average molecular weight is 342 g/mol. The second-order valence-corrected chi connectivity index (χ2v) is 6.34. The molecule has 0 radical (unpaired) electrons. The molecule has 134 valence electrons. The van der Waals surface area contributed by atoms with Gasteiger partial charge in [-0.15, -0.1) is 0 Å². The minimum Gasteiger partial charge on any atom is -0.389 e. The smallest absolute Gasteiger partial charge is 0.321 e. The van der Waals surface area contributed by atoms with Crippen LogP contribution in [0, 0.1) is 13.8 Å². The number of nitrogens with one attached hydrogen (secondary N) is 1. The van der Waals surface area contributed by atoms with E-state index in [1.165, 1.54) is 4.90 Å². The van der Waals surface area contributed by atoms with Gasteiger partial charge in [0, 0.05) is 12.7 Å². The Hall–Kier alpha value is -2.37. The Bertz CT molecular complexity index is 668. The zero-order valence-corrected chi connectivity index (χ0v) is 15.0. The quantitative estimate of drug-likeness (QED) is 0.811. The Morgan fingerprint density at radius 3 is 2.44 bits per heavy atom. The van der Waals surface area contributed by atoms with E-state index in [4.69, 9.17) is 4.74 Å². The lowest BCUT2D eigenvalue weighted by Crippen LogP contribution is -2.38. The van der Waals surface area contributed by atoms with Crippen molar-refractivity contribution in [2.75, 3.05) is 25.5 Å². The molecule has 2 amide bonds. The van der Waals surface area contributed by atoms with E-state index in [1.807, 2.05) is 62.4 Å². The third kappa shape index (κ3) is 6.57. The van der Waals surface area contributed by atoms with Crippen LogP contribution in [-0.4, -0.2) is 42.3 Å². The molecule has 25 heavy (non-hydrogen) atoms. The molecule has 1 unspecified atom stereocenters. The molecule has 0 aliphatic carbocycles. The molecule has 0 aliphatic heterocycles. The standard InChI is InChI=1S/C20H26N2O3/c1-15-9-16(2)11-18(10-15)21-20(24)22(3)12-19(23)14-25-13-17-7-5-4-6-8-17/h4-11,19,23H,12-14H2,1-3H3,(H,21,24). The first kappa shape index (κ1) is 19.0. The van der Waals surface area contributed by atoms with Crippen molar-refractivity contribution in [3.63, 3.8) is 0 Å². The number of carbonyl (C=O) groups excluding carboxylic acids is 1. The Balaban J connectivity index is 1.75. The van der Waals surface area contributed by atoms with E-state index < -0.39 is 6.10 Å². The maximum atomic E-state index is 12.2. The molecule has 2 aromatic rings. The van der Waals surface area contributed by atoms with Crippen LogP contribution < -0.4 is 5.32 Å². The summed E-state index contributed by atoms with van der Waals surface area (Å²) in [6.07, 6.45) is -0.737. The van der Waals surface area contributed by atoms with Gasteiger partial charge in [-0.3, -0.25) is 0 Å². The minimum atomic E-state index is -0.737. The van der Waals surface area contributed by atoms with Crippen LogP contribution >= 0.6 is 0 Å². The molecule has 1 atom stereocenters. The molecule has 0 aromatic heterocycles. The van der Waals surface area contributed by atoms with Crippen molar-refractivity contribution in [2.24, 2.45) is 0 Å². The number of carbonyl (C=O) groups is 1.